The first-order chi connectivity index (χ1) is 10.7. The lowest BCUT2D eigenvalue weighted by atomic mass is 9.99. The zero-order valence-corrected chi connectivity index (χ0v) is 14.2. The van der Waals surface area contributed by atoms with Crippen molar-refractivity contribution in [1.82, 2.24) is 0 Å². The van der Waals surface area contributed by atoms with Gasteiger partial charge in [0.25, 0.3) is 0 Å². The lowest BCUT2D eigenvalue weighted by Gasteiger charge is -2.21. The predicted molar refractivity (Wildman–Crippen MR) is 90.2 cm³/mol. The summed E-state index contributed by atoms with van der Waals surface area (Å²) in [5.41, 5.74) is 1.11. The number of carbonyl (C=O) groups is 1. The molecule has 0 aliphatic heterocycles. The topological polar surface area (TPSA) is 35.5 Å². The first kappa shape index (κ1) is 18.7. The van der Waals surface area contributed by atoms with Gasteiger partial charge in [0, 0.05) is 5.92 Å². The van der Waals surface area contributed by atoms with Gasteiger partial charge in [-0.15, -0.1) is 0 Å². The summed E-state index contributed by atoms with van der Waals surface area (Å²) >= 11 is 0. The van der Waals surface area contributed by atoms with Crippen LogP contribution in [0.4, 0.5) is 0 Å². The van der Waals surface area contributed by atoms with Crippen LogP contribution in [-0.2, 0) is 16.1 Å². The average molecular weight is 306 g/mol. The fourth-order valence-electron chi connectivity index (χ4n) is 2.46. The average Bonchev–Trinajstić information content (AvgIpc) is 2.57. The molecular formula is C19H30O3. The smallest absolute Gasteiger partial charge is 0.125 e. The summed E-state index contributed by atoms with van der Waals surface area (Å²) in [7, 11) is 1.66. The van der Waals surface area contributed by atoms with Gasteiger partial charge in [-0.2, -0.15) is 0 Å². The van der Waals surface area contributed by atoms with E-state index in [9.17, 15) is 4.79 Å². The van der Waals surface area contributed by atoms with Crippen LogP contribution in [0.3, 0.4) is 0 Å². The molecule has 0 unspecified atom stereocenters. The number of ether oxygens (including phenoxy) is 2. The molecule has 22 heavy (non-hydrogen) atoms. The van der Waals surface area contributed by atoms with Gasteiger partial charge in [-0.1, -0.05) is 58.1 Å². The molecule has 0 bridgehead atoms. The molecule has 0 heterocycles. The molecular weight excluding hydrogens is 276 g/mol. The van der Waals surface area contributed by atoms with Crippen molar-refractivity contribution in [3.8, 4) is 5.75 Å². The molecule has 3 heteroatoms. The second-order valence-electron chi connectivity index (χ2n) is 5.90. The van der Waals surface area contributed by atoms with Crippen molar-refractivity contribution >= 4 is 6.29 Å². The SMILES string of the molecule is CCCCCCC[C@@H](OCc1ccc(OC)cc1)[C@H](C)C=O. The molecule has 0 fully saturated rings. The van der Waals surface area contributed by atoms with Crippen LogP contribution in [0, 0.1) is 5.92 Å². The molecule has 0 amide bonds. The van der Waals surface area contributed by atoms with E-state index in [0.29, 0.717) is 6.61 Å². The van der Waals surface area contributed by atoms with Gasteiger partial charge in [-0.05, 0) is 24.1 Å². The largest absolute Gasteiger partial charge is 0.497 e. The van der Waals surface area contributed by atoms with E-state index in [0.717, 1.165) is 30.4 Å². The summed E-state index contributed by atoms with van der Waals surface area (Å²) in [6, 6.07) is 7.87. The molecule has 0 aliphatic carbocycles. The molecule has 1 aromatic carbocycles. The minimum Gasteiger partial charge on any atom is -0.497 e. The van der Waals surface area contributed by atoms with Crippen molar-refractivity contribution < 1.29 is 14.3 Å². The Morgan fingerprint density at radius 3 is 2.36 bits per heavy atom. The van der Waals surface area contributed by atoms with Crippen LogP contribution in [0.1, 0.15) is 57.9 Å². The van der Waals surface area contributed by atoms with E-state index in [1.54, 1.807) is 7.11 Å². The third-order valence-corrected chi connectivity index (χ3v) is 4.02. The van der Waals surface area contributed by atoms with E-state index in [-0.39, 0.29) is 12.0 Å². The highest BCUT2D eigenvalue weighted by atomic mass is 16.5. The standard InChI is InChI=1S/C19H30O3/c1-4-5-6-7-8-9-19(16(2)14-20)22-15-17-10-12-18(21-3)13-11-17/h10-14,16,19H,4-9,15H2,1-3H3/t16-,19-/m1/s1. The van der Waals surface area contributed by atoms with Crippen LogP contribution >= 0.6 is 0 Å². The number of unbranched alkanes of at least 4 members (excludes halogenated alkanes) is 4. The van der Waals surface area contributed by atoms with Gasteiger partial charge < -0.3 is 14.3 Å². The highest BCUT2D eigenvalue weighted by Crippen LogP contribution is 2.18. The Morgan fingerprint density at radius 2 is 1.77 bits per heavy atom. The maximum Gasteiger partial charge on any atom is 0.125 e. The van der Waals surface area contributed by atoms with E-state index >= 15 is 0 Å². The van der Waals surface area contributed by atoms with Gasteiger partial charge in [-0.25, -0.2) is 0 Å². The molecule has 124 valence electrons. The molecule has 0 saturated heterocycles. The quantitative estimate of drug-likeness (QED) is 0.412. The second kappa shape index (κ2) is 11.2. The maximum atomic E-state index is 11.1. The highest BCUT2D eigenvalue weighted by molar-refractivity contribution is 5.53. The van der Waals surface area contributed by atoms with Crippen LogP contribution in [0.2, 0.25) is 0 Å². The number of aldehydes is 1. The molecule has 0 aliphatic rings. The van der Waals surface area contributed by atoms with Gasteiger partial charge in [0.2, 0.25) is 0 Å². The Labute approximate surface area is 135 Å². The summed E-state index contributed by atoms with van der Waals surface area (Å²) in [5, 5.41) is 0. The first-order valence-corrected chi connectivity index (χ1v) is 8.41. The second-order valence-corrected chi connectivity index (χ2v) is 5.90. The number of carbonyl (C=O) groups excluding carboxylic acids is 1. The molecule has 0 N–H and O–H groups in total. The Hall–Kier alpha value is -1.35. The minimum atomic E-state index is -0.0515. The monoisotopic (exact) mass is 306 g/mol. The van der Waals surface area contributed by atoms with Crippen molar-refractivity contribution in [1.29, 1.82) is 0 Å². The Morgan fingerprint density at radius 1 is 1.09 bits per heavy atom. The first-order valence-electron chi connectivity index (χ1n) is 8.41. The van der Waals surface area contributed by atoms with Crippen LogP contribution < -0.4 is 4.74 Å². The van der Waals surface area contributed by atoms with Crippen molar-refractivity contribution in [2.24, 2.45) is 5.92 Å². The number of benzene rings is 1. The third-order valence-electron chi connectivity index (χ3n) is 4.02. The summed E-state index contributed by atoms with van der Waals surface area (Å²) in [4.78, 5) is 11.1. The Kier molecular flexibility index (Phi) is 9.56. The van der Waals surface area contributed by atoms with Crippen molar-refractivity contribution in [3.05, 3.63) is 29.8 Å². The predicted octanol–water partition coefficient (Wildman–Crippen LogP) is 4.78. The zero-order chi connectivity index (χ0) is 16.2. The molecule has 2 atom stereocenters. The normalized spacial score (nSPS) is 13.6. The van der Waals surface area contributed by atoms with E-state index in [2.05, 4.69) is 6.92 Å². The lowest BCUT2D eigenvalue weighted by molar-refractivity contribution is -0.116. The molecule has 0 spiro atoms. The Bertz CT molecular complexity index is 400. The van der Waals surface area contributed by atoms with E-state index in [1.807, 2.05) is 31.2 Å². The van der Waals surface area contributed by atoms with Crippen LogP contribution in [-0.4, -0.2) is 19.5 Å². The highest BCUT2D eigenvalue weighted by Gasteiger charge is 2.17. The Balaban J connectivity index is 2.41. The fourth-order valence-corrected chi connectivity index (χ4v) is 2.46. The van der Waals surface area contributed by atoms with E-state index < -0.39 is 0 Å². The van der Waals surface area contributed by atoms with Gasteiger partial charge in [0.15, 0.2) is 0 Å². The third kappa shape index (κ3) is 7.08. The van der Waals surface area contributed by atoms with Crippen molar-refractivity contribution in [2.75, 3.05) is 7.11 Å². The number of rotatable bonds is 12. The van der Waals surface area contributed by atoms with Crippen molar-refractivity contribution in [3.63, 3.8) is 0 Å². The van der Waals surface area contributed by atoms with Gasteiger partial charge in [-0.3, -0.25) is 0 Å². The molecule has 0 saturated carbocycles. The van der Waals surface area contributed by atoms with Crippen LogP contribution in [0.5, 0.6) is 5.75 Å². The maximum absolute atomic E-state index is 11.1. The fraction of sp³-hybridized carbons (Fsp3) is 0.632. The van der Waals surface area contributed by atoms with Crippen molar-refractivity contribution in [2.45, 2.75) is 65.1 Å². The van der Waals surface area contributed by atoms with Gasteiger partial charge in [0.1, 0.15) is 12.0 Å². The number of hydrogen-bond donors (Lipinski definition) is 0. The van der Waals surface area contributed by atoms with Crippen LogP contribution in [0.15, 0.2) is 24.3 Å². The van der Waals surface area contributed by atoms with Crippen LogP contribution in [0.25, 0.3) is 0 Å². The van der Waals surface area contributed by atoms with Gasteiger partial charge >= 0.3 is 0 Å². The summed E-state index contributed by atoms with van der Waals surface area (Å²) in [6.45, 7) is 4.70. The summed E-state index contributed by atoms with van der Waals surface area (Å²) in [6.07, 6.45) is 8.15. The van der Waals surface area contributed by atoms with E-state index in [1.165, 1.54) is 25.7 Å². The summed E-state index contributed by atoms with van der Waals surface area (Å²) < 4.78 is 11.1. The summed E-state index contributed by atoms with van der Waals surface area (Å²) in [5.74, 6) is 0.793. The number of hydrogen-bond acceptors (Lipinski definition) is 3. The molecule has 1 aromatic rings. The van der Waals surface area contributed by atoms with Gasteiger partial charge in [0.05, 0.1) is 19.8 Å². The molecule has 0 aromatic heterocycles. The minimum absolute atomic E-state index is 0.0150. The number of methoxy groups -OCH3 is 1. The van der Waals surface area contributed by atoms with E-state index in [4.69, 9.17) is 9.47 Å². The molecule has 1 rings (SSSR count). The molecule has 3 nitrogen and oxygen atoms in total. The zero-order valence-electron chi connectivity index (χ0n) is 14.2. The molecule has 0 radical (unpaired) electrons. The lowest BCUT2D eigenvalue weighted by Crippen LogP contribution is -2.23.